The summed E-state index contributed by atoms with van der Waals surface area (Å²) in [6, 6.07) is 9.13. The average molecular weight is 249 g/mol. The number of nitrogens with two attached hydrogens (primary N) is 1. The highest BCUT2D eigenvalue weighted by molar-refractivity contribution is 5.68. The van der Waals surface area contributed by atoms with Crippen molar-refractivity contribution in [1.82, 2.24) is 0 Å². The van der Waals surface area contributed by atoms with Crippen molar-refractivity contribution >= 4 is 0 Å². The van der Waals surface area contributed by atoms with Crippen LogP contribution >= 0.6 is 0 Å². The SMILES string of the molecule is COc1ccc(-c2ccc(F)c(F)c2)c(CN)c1. The molecule has 0 heterocycles. The fraction of sp³-hybridized carbons (Fsp3) is 0.143. The van der Waals surface area contributed by atoms with Gasteiger partial charge >= 0.3 is 0 Å². The standard InChI is InChI=1S/C14H13F2NO/c1-18-11-3-4-12(10(6-11)8-17)9-2-5-13(15)14(16)7-9/h2-7H,8,17H2,1H3. The Kier molecular flexibility index (Phi) is 3.58. The van der Waals surface area contributed by atoms with E-state index in [4.69, 9.17) is 10.5 Å². The van der Waals surface area contributed by atoms with E-state index in [1.807, 2.05) is 0 Å². The number of hydrogen-bond acceptors (Lipinski definition) is 2. The second-order valence-corrected chi connectivity index (χ2v) is 3.86. The molecule has 0 atom stereocenters. The number of halogens is 2. The van der Waals surface area contributed by atoms with Crippen molar-refractivity contribution in [2.24, 2.45) is 5.73 Å². The van der Waals surface area contributed by atoms with Crippen LogP contribution in [-0.4, -0.2) is 7.11 Å². The van der Waals surface area contributed by atoms with Crippen molar-refractivity contribution in [1.29, 1.82) is 0 Å². The van der Waals surface area contributed by atoms with E-state index in [0.29, 0.717) is 17.9 Å². The van der Waals surface area contributed by atoms with Gasteiger partial charge < -0.3 is 10.5 Å². The van der Waals surface area contributed by atoms with Gasteiger partial charge in [-0.05, 0) is 41.0 Å². The van der Waals surface area contributed by atoms with Crippen LogP contribution in [0.3, 0.4) is 0 Å². The molecule has 18 heavy (non-hydrogen) atoms. The van der Waals surface area contributed by atoms with Crippen LogP contribution in [0.15, 0.2) is 36.4 Å². The lowest BCUT2D eigenvalue weighted by molar-refractivity contribution is 0.414. The first-order chi connectivity index (χ1) is 8.65. The van der Waals surface area contributed by atoms with Gasteiger partial charge in [0.15, 0.2) is 11.6 Å². The van der Waals surface area contributed by atoms with E-state index in [0.717, 1.165) is 23.3 Å². The fourth-order valence-electron chi connectivity index (χ4n) is 1.81. The first kappa shape index (κ1) is 12.5. The van der Waals surface area contributed by atoms with Gasteiger partial charge in [0.1, 0.15) is 5.75 Å². The van der Waals surface area contributed by atoms with E-state index in [1.165, 1.54) is 6.07 Å². The lowest BCUT2D eigenvalue weighted by Gasteiger charge is -2.10. The normalized spacial score (nSPS) is 10.4. The van der Waals surface area contributed by atoms with Crippen molar-refractivity contribution in [3.63, 3.8) is 0 Å². The molecule has 0 aliphatic rings. The molecular weight excluding hydrogens is 236 g/mol. The van der Waals surface area contributed by atoms with E-state index in [2.05, 4.69) is 0 Å². The molecule has 0 fully saturated rings. The molecule has 0 radical (unpaired) electrons. The third-order valence-electron chi connectivity index (χ3n) is 2.76. The molecule has 0 bridgehead atoms. The number of rotatable bonds is 3. The monoisotopic (exact) mass is 249 g/mol. The molecule has 0 amide bonds. The first-order valence-corrected chi connectivity index (χ1v) is 5.48. The lowest BCUT2D eigenvalue weighted by Crippen LogP contribution is -2.00. The second-order valence-electron chi connectivity index (χ2n) is 3.86. The maximum Gasteiger partial charge on any atom is 0.159 e. The molecule has 4 heteroatoms. The number of ether oxygens (including phenoxy) is 1. The van der Waals surface area contributed by atoms with Gasteiger partial charge in [-0.3, -0.25) is 0 Å². The van der Waals surface area contributed by atoms with Gasteiger partial charge in [0.25, 0.3) is 0 Å². The number of hydrogen-bond donors (Lipinski definition) is 1. The summed E-state index contributed by atoms with van der Waals surface area (Å²) in [5.41, 5.74) is 7.85. The zero-order chi connectivity index (χ0) is 13.1. The van der Waals surface area contributed by atoms with Crippen LogP contribution in [0.5, 0.6) is 5.75 Å². The Morgan fingerprint density at radius 2 is 1.83 bits per heavy atom. The van der Waals surface area contributed by atoms with Gasteiger partial charge in [-0.1, -0.05) is 12.1 Å². The summed E-state index contributed by atoms with van der Waals surface area (Å²) in [5, 5.41) is 0. The number of methoxy groups -OCH3 is 1. The zero-order valence-electron chi connectivity index (χ0n) is 9.91. The summed E-state index contributed by atoms with van der Waals surface area (Å²) in [6.07, 6.45) is 0. The summed E-state index contributed by atoms with van der Waals surface area (Å²) in [4.78, 5) is 0. The molecule has 0 spiro atoms. The molecule has 2 aromatic carbocycles. The molecule has 0 aliphatic carbocycles. The molecule has 0 saturated carbocycles. The molecule has 2 nitrogen and oxygen atoms in total. The van der Waals surface area contributed by atoms with Crippen molar-refractivity contribution in [3.8, 4) is 16.9 Å². The summed E-state index contributed by atoms with van der Waals surface area (Å²) < 4.78 is 31.2. The van der Waals surface area contributed by atoms with Crippen LogP contribution in [0.1, 0.15) is 5.56 Å². The van der Waals surface area contributed by atoms with Gasteiger partial charge in [0.05, 0.1) is 7.11 Å². The Morgan fingerprint density at radius 1 is 1.06 bits per heavy atom. The summed E-state index contributed by atoms with van der Waals surface area (Å²) in [5.74, 6) is -1.05. The van der Waals surface area contributed by atoms with Crippen molar-refractivity contribution in [2.45, 2.75) is 6.54 Å². The first-order valence-electron chi connectivity index (χ1n) is 5.48. The number of benzene rings is 2. The molecule has 0 unspecified atom stereocenters. The molecule has 0 aliphatic heterocycles. The van der Waals surface area contributed by atoms with E-state index in [-0.39, 0.29) is 0 Å². The van der Waals surface area contributed by atoms with Gasteiger partial charge in [-0.2, -0.15) is 0 Å². The molecular formula is C14H13F2NO. The van der Waals surface area contributed by atoms with Gasteiger partial charge in [0, 0.05) is 6.54 Å². The van der Waals surface area contributed by atoms with Crippen molar-refractivity contribution in [3.05, 3.63) is 53.6 Å². The van der Waals surface area contributed by atoms with Gasteiger partial charge in [-0.25, -0.2) is 8.78 Å². The van der Waals surface area contributed by atoms with Crippen LogP contribution in [-0.2, 0) is 6.54 Å². The molecule has 2 rings (SSSR count). The Bertz CT molecular complexity index is 570. The minimum absolute atomic E-state index is 0.297. The Balaban J connectivity index is 2.52. The third-order valence-corrected chi connectivity index (χ3v) is 2.76. The van der Waals surface area contributed by atoms with Crippen molar-refractivity contribution < 1.29 is 13.5 Å². The zero-order valence-corrected chi connectivity index (χ0v) is 9.91. The average Bonchev–Trinajstić information content (AvgIpc) is 2.41. The lowest BCUT2D eigenvalue weighted by atomic mass is 9.99. The van der Waals surface area contributed by atoms with Crippen LogP contribution in [0.2, 0.25) is 0 Å². The van der Waals surface area contributed by atoms with Crippen LogP contribution in [0.25, 0.3) is 11.1 Å². The molecule has 0 saturated heterocycles. The highest BCUT2D eigenvalue weighted by atomic mass is 19.2. The van der Waals surface area contributed by atoms with E-state index >= 15 is 0 Å². The van der Waals surface area contributed by atoms with Crippen LogP contribution in [0.4, 0.5) is 8.78 Å². The van der Waals surface area contributed by atoms with E-state index in [9.17, 15) is 8.78 Å². The highest BCUT2D eigenvalue weighted by Crippen LogP contribution is 2.28. The minimum Gasteiger partial charge on any atom is -0.497 e. The predicted molar refractivity (Wildman–Crippen MR) is 66.2 cm³/mol. The maximum atomic E-state index is 13.2. The third kappa shape index (κ3) is 2.33. The van der Waals surface area contributed by atoms with Gasteiger partial charge in [0.2, 0.25) is 0 Å². The van der Waals surface area contributed by atoms with Crippen molar-refractivity contribution in [2.75, 3.05) is 7.11 Å². The van der Waals surface area contributed by atoms with E-state index in [1.54, 1.807) is 25.3 Å². The summed E-state index contributed by atoms with van der Waals surface area (Å²) in [6.45, 7) is 0.297. The Labute approximate surface area is 104 Å². The summed E-state index contributed by atoms with van der Waals surface area (Å²) in [7, 11) is 1.56. The smallest absolute Gasteiger partial charge is 0.159 e. The van der Waals surface area contributed by atoms with E-state index < -0.39 is 11.6 Å². The van der Waals surface area contributed by atoms with Crippen LogP contribution < -0.4 is 10.5 Å². The Morgan fingerprint density at radius 3 is 2.44 bits per heavy atom. The Hall–Kier alpha value is -1.94. The van der Waals surface area contributed by atoms with Gasteiger partial charge in [-0.15, -0.1) is 0 Å². The molecule has 0 aromatic heterocycles. The summed E-state index contributed by atoms with van der Waals surface area (Å²) >= 11 is 0. The fourth-order valence-corrected chi connectivity index (χ4v) is 1.81. The molecule has 94 valence electrons. The largest absolute Gasteiger partial charge is 0.497 e. The van der Waals surface area contributed by atoms with Crippen LogP contribution in [0, 0.1) is 11.6 Å². The quantitative estimate of drug-likeness (QED) is 0.907. The highest BCUT2D eigenvalue weighted by Gasteiger charge is 2.09. The maximum absolute atomic E-state index is 13.2. The predicted octanol–water partition coefficient (Wildman–Crippen LogP) is 3.10. The minimum atomic E-state index is -0.869. The molecule has 2 N–H and O–H groups in total. The topological polar surface area (TPSA) is 35.2 Å². The molecule has 2 aromatic rings. The second kappa shape index (κ2) is 5.14.